The number of aliphatic hydroxyl groups excluding tert-OH is 1. The maximum atomic E-state index is 9.01. The second kappa shape index (κ2) is 3.65. The van der Waals surface area contributed by atoms with Crippen LogP contribution in [0.5, 0.6) is 0 Å². The first-order chi connectivity index (χ1) is 6.04. The molecule has 3 heteroatoms. The highest BCUT2D eigenvalue weighted by atomic mass is 16.3. The molecule has 1 fully saturated rings. The lowest BCUT2D eigenvalue weighted by Crippen LogP contribution is -2.45. The average molecular weight is 182 g/mol. The molecule has 0 saturated heterocycles. The van der Waals surface area contributed by atoms with Crippen LogP contribution in [0, 0.1) is 16.7 Å². The topological polar surface area (TPSA) is 56.0 Å². The van der Waals surface area contributed by atoms with Crippen LogP contribution in [0.2, 0.25) is 0 Å². The summed E-state index contributed by atoms with van der Waals surface area (Å²) in [6.07, 6.45) is 2.94. The summed E-state index contributed by atoms with van der Waals surface area (Å²) in [6.45, 7) is 4.93. The first kappa shape index (κ1) is 10.5. The molecule has 0 atom stereocenters. The number of hydrogen-bond donors (Lipinski definition) is 2. The van der Waals surface area contributed by atoms with Crippen molar-refractivity contribution in [3.63, 3.8) is 0 Å². The highest BCUT2D eigenvalue weighted by Crippen LogP contribution is 2.48. The van der Waals surface area contributed by atoms with Crippen LogP contribution >= 0.6 is 0 Å². The van der Waals surface area contributed by atoms with Crippen LogP contribution in [0.15, 0.2) is 0 Å². The predicted octanol–water partition coefficient (Wildman–Crippen LogP) is 1.04. The summed E-state index contributed by atoms with van der Waals surface area (Å²) in [4.78, 5) is 0. The molecule has 0 bridgehead atoms. The molecule has 0 heterocycles. The summed E-state index contributed by atoms with van der Waals surface area (Å²) in [5.74, 6) is 0. The van der Waals surface area contributed by atoms with Crippen molar-refractivity contribution in [3.05, 3.63) is 0 Å². The molecule has 1 aliphatic rings. The van der Waals surface area contributed by atoms with Crippen LogP contribution in [0.25, 0.3) is 0 Å². The van der Waals surface area contributed by atoms with Gasteiger partial charge in [-0.2, -0.15) is 5.26 Å². The SMILES string of the molecule is CC(C)(CO)NCC1(CC#N)CC1. The van der Waals surface area contributed by atoms with Crippen molar-refractivity contribution in [1.29, 1.82) is 5.26 Å². The lowest BCUT2D eigenvalue weighted by molar-refractivity contribution is 0.181. The molecule has 2 N–H and O–H groups in total. The van der Waals surface area contributed by atoms with E-state index in [0.717, 1.165) is 19.4 Å². The molecule has 1 saturated carbocycles. The van der Waals surface area contributed by atoms with Crippen molar-refractivity contribution >= 4 is 0 Å². The third kappa shape index (κ3) is 2.98. The van der Waals surface area contributed by atoms with Gasteiger partial charge in [-0.15, -0.1) is 0 Å². The summed E-state index contributed by atoms with van der Waals surface area (Å²) in [5.41, 5.74) is 0.00619. The van der Waals surface area contributed by atoms with Crippen molar-refractivity contribution < 1.29 is 5.11 Å². The smallest absolute Gasteiger partial charge is 0.0628 e. The van der Waals surface area contributed by atoms with E-state index in [4.69, 9.17) is 10.4 Å². The summed E-state index contributed by atoms with van der Waals surface area (Å²) in [5, 5.41) is 20.9. The van der Waals surface area contributed by atoms with Crippen LogP contribution in [-0.2, 0) is 0 Å². The molecule has 0 aromatic carbocycles. The Balaban J connectivity index is 2.31. The van der Waals surface area contributed by atoms with Gasteiger partial charge in [-0.05, 0) is 32.1 Å². The predicted molar refractivity (Wildman–Crippen MR) is 51.1 cm³/mol. The standard InChI is InChI=1S/C10H18N2O/c1-9(2,8-13)12-7-10(3-4-10)5-6-11/h12-13H,3-5,7-8H2,1-2H3. The van der Waals surface area contributed by atoms with E-state index in [9.17, 15) is 0 Å². The third-order valence-corrected chi connectivity index (χ3v) is 2.75. The maximum Gasteiger partial charge on any atom is 0.0628 e. The van der Waals surface area contributed by atoms with Crippen LogP contribution in [0.1, 0.15) is 33.1 Å². The third-order valence-electron chi connectivity index (χ3n) is 2.75. The second-order valence-corrected chi connectivity index (χ2v) is 4.73. The molecule has 74 valence electrons. The quantitative estimate of drug-likeness (QED) is 0.668. The molecular formula is C10H18N2O. The van der Waals surface area contributed by atoms with Crippen molar-refractivity contribution in [1.82, 2.24) is 5.32 Å². The Labute approximate surface area is 79.8 Å². The fraction of sp³-hybridized carbons (Fsp3) is 0.900. The van der Waals surface area contributed by atoms with E-state index in [-0.39, 0.29) is 17.6 Å². The lowest BCUT2D eigenvalue weighted by Gasteiger charge is -2.26. The fourth-order valence-corrected chi connectivity index (χ4v) is 1.24. The molecule has 0 aromatic rings. The average Bonchev–Trinajstić information content (AvgIpc) is 2.84. The van der Waals surface area contributed by atoms with Gasteiger partial charge < -0.3 is 10.4 Å². The van der Waals surface area contributed by atoms with Gasteiger partial charge in [0, 0.05) is 18.5 Å². The largest absolute Gasteiger partial charge is 0.394 e. The fourth-order valence-electron chi connectivity index (χ4n) is 1.24. The van der Waals surface area contributed by atoms with Crippen LogP contribution in [0.3, 0.4) is 0 Å². The maximum absolute atomic E-state index is 9.01. The molecule has 1 rings (SSSR count). The van der Waals surface area contributed by atoms with Gasteiger partial charge in [-0.1, -0.05) is 0 Å². The first-order valence-electron chi connectivity index (χ1n) is 4.76. The number of hydrogen-bond acceptors (Lipinski definition) is 3. The summed E-state index contributed by atoms with van der Waals surface area (Å²) >= 11 is 0. The summed E-state index contributed by atoms with van der Waals surface area (Å²) in [6, 6.07) is 2.22. The van der Waals surface area contributed by atoms with Crippen molar-refractivity contribution in [2.24, 2.45) is 5.41 Å². The molecule has 0 aromatic heterocycles. The van der Waals surface area contributed by atoms with Gasteiger partial charge in [-0.3, -0.25) is 0 Å². The van der Waals surface area contributed by atoms with Gasteiger partial charge in [-0.25, -0.2) is 0 Å². The summed E-state index contributed by atoms with van der Waals surface area (Å²) < 4.78 is 0. The zero-order chi connectivity index (χ0) is 9.95. The van der Waals surface area contributed by atoms with Gasteiger partial charge in [0.05, 0.1) is 12.7 Å². The Morgan fingerprint density at radius 2 is 2.15 bits per heavy atom. The highest BCUT2D eigenvalue weighted by molar-refractivity contribution is 5.01. The van der Waals surface area contributed by atoms with E-state index in [0.29, 0.717) is 6.42 Å². The minimum absolute atomic E-state index is 0.135. The van der Waals surface area contributed by atoms with Gasteiger partial charge >= 0.3 is 0 Å². The molecular weight excluding hydrogens is 164 g/mol. The molecule has 3 nitrogen and oxygen atoms in total. The number of rotatable bonds is 5. The second-order valence-electron chi connectivity index (χ2n) is 4.73. The number of nitrogens with zero attached hydrogens (tertiary/aromatic N) is 1. The Kier molecular flexibility index (Phi) is 2.94. The molecule has 0 amide bonds. The Bertz CT molecular complexity index is 213. The molecule has 0 aliphatic heterocycles. The van der Waals surface area contributed by atoms with E-state index in [2.05, 4.69) is 11.4 Å². The van der Waals surface area contributed by atoms with Crippen LogP contribution < -0.4 is 5.32 Å². The normalized spacial score (nSPS) is 19.5. The van der Waals surface area contributed by atoms with Crippen molar-refractivity contribution in [2.75, 3.05) is 13.2 Å². The Morgan fingerprint density at radius 1 is 1.54 bits per heavy atom. The number of nitrogens with one attached hydrogen (secondary N) is 1. The van der Waals surface area contributed by atoms with Gasteiger partial charge in [0.1, 0.15) is 0 Å². The van der Waals surface area contributed by atoms with Crippen LogP contribution in [0.4, 0.5) is 0 Å². The summed E-state index contributed by atoms with van der Waals surface area (Å²) in [7, 11) is 0. The zero-order valence-corrected chi connectivity index (χ0v) is 8.43. The number of aliphatic hydroxyl groups is 1. The molecule has 0 unspecified atom stereocenters. The van der Waals surface area contributed by atoms with E-state index < -0.39 is 0 Å². The zero-order valence-electron chi connectivity index (χ0n) is 8.43. The monoisotopic (exact) mass is 182 g/mol. The van der Waals surface area contributed by atoms with E-state index >= 15 is 0 Å². The van der Waals surface area contributed by atoms with Crippen molar-refractivity contribution in [2.45, 2.75) is 38.6 Å². The van der Waals surface area contributed by atoms with Gasteiger partial charge in [0.2, 0.25) is 0 Å². The Hall–Kier alpha value is -0.590. The highest BCUT2D eigenvalue weighted by Gasteiger charge is 2.42. The lowest BCUT2D eigenvalue weighted by atomic mass is 10.0. The minimum atomic E-state index is -0.217. The van der Waals surface area contributed by atoms with E-state index in [1.54, 1.807) is 0 Å². The van der Waals surface area contributed by atoms with Gasteiger partial charge in [0.15, 0.2) is 0 Å². The molecule has 0 spiro atoms. The van der Waals surface area contributed by atoms with Crippen molar-refractivity contribution in [3.8, 4) is 6.07 Å². The van der Waals surface area contributed by atoms with E-state index in [1.165, 1.54) is 0 Å². The first-order valence-corrected chi connectivity index (χ1v) is 4.76. The van der Waals surface area contributed by atoms with E-state index in [1.807, 2.05) is 13.8 Å². The molecule has 13 heavy (non-hydrogen) atoms. The number of nitriles is 1. The van der Waals surface area contributed by atoms with Crippen LogP contribution in [-0.4, -0.2) is 23.8 Å². The molecule has 1 aliphatic carbocycles. The molecule has 0 radical (unpaired) electrons. The van der Waals surface area contributed by atoms with Gasteiger partial charge in [0.25, 0.3) is 0 Å². The Morgan fingerprint density at radius 3 is 2.54 bits per heavy atom. The minimum Gasteiger partial charge on any atom is -0.394 e.